The normalized spacial score (nSPS) is 17.4. The van der Waals surface area contributed by atoms with Gasteiger partial charge in [-0.3, -0.25) is 14.9 Å². The van der Waals surface area contributed by atoms with Crippen molar-refractivity contribution in [1.29, 1.82) is 0 Å². The van der Waals surface area contributed by atoms with E-state index in [1.54, 1.807) is 24.0 Å². The monoisotopic (exact) mass is 509 g/mol. The Morgan fingerprint density at radius 1 is 1.14 bits per heavy atom. The molecule has 2 aliphatic rings. The molecule has 0 unspecified atom stereocenters. The number of anilines is 3. The molecular formula is C23H31N11O3. The fourth-order valence-electron chi connectivity index (χ4n) is 4.15. The van der Waals surface area contributed by atoms with Crippen LogP contribution in [0.3, 0.4) is 0 Å². The molecule has 2 aliphatic heterocycles. The summed E-state index contributed by atoms with van der Waals surface area (Å²) in [4.78, 5) is 55.5. The van der Waals surface area contributed by atoms with Crippen LogP contribution in [0.4, 0.5) is 22.2 Å². The minimum Gasteiger partial charge on any atom is -0.382 e. The Balaban J connectivity index is 1.33. The molecule has 0 bridgehead atoms. The Kier molecular flexibility index (Phi) is 7.09. The number of aliphatic imine (C=N–C) groups is 1. The third-order valence-corrected chi connectivity index (χ3v) is 6.21. The quantitative estimate of drug-likeness (QED) is 0.331. The van der Waals surface area contributed by atoms with Crippen molar-refractivity contribution in [3.8, 4) is 0 Å². The molecule has 8 N–H and O–H groups in total. The summed E-state index contributed by atoms with van der Waals surface area (Å²) in [6.45, 7) is 6.94. The molecule has 196 valence electrons. The second kappa shape index (κ2) is 10.2. The first-order valence-electron chi connectivity index (χ1n) is 11.9. The number of likely N-dealkylation sites (tertiary alicyclic amines) is 1. The number of hydrogen-bond acceptors (Lipinski definition) is 8. The second-order valence-corrected chi connectivity index (χ2v) is 9.43. The standard InChI is InChI=1S/C23H31N11O3/c1-12(2)28-22(37)30-15-5-4-14(10-26-15)20(36)34-8-6-23(7-9-34)11-27-21(33-23)32-19(35)16-18(25)31-17(24)13(3)29-16/h4-5,10,12H,6-9,11H2,1-3H3,(H4,24,25,31)(H2,26,28,30,37)(H2,27,32,33,35). The Morgan fingerprint density at radius 3 is 2.51 bits per heavy atom. The highest BCUT2D eigenvalue weighted by Gasteiger charge is 2.41. The van der Waals surface area contributed by atoms with E-state index in [4.69, 9.17) is 11.5 Å². The summed E-state index contributed by atoms with van der Waals surface area (Å²) in [7, 11) is 0. The van der Waals surface area contributed by atoms with Gasteiger partial charge in [0.25, 0.3) is 5.91 Å². The lowest BCUT2D eigenvalue weighted by atomic mass is 9.88. The van der Waals surface area contributed by atoms with Crippen LogP contribution in [-0.4, -0.2) is 74.9 Å². The molecule has 2 fully saturated rings. The van der Waals surface area contributed by atoms with Gasteiger partial charge in [-0.25, -0.2) is 19.7 Å². The summed E-state index contributed by atoms with van der Waals surface area (Å²) >= 11 is 0. The summed E-state index contributed by atoms with van der Waals surface area (Å²) < 4.78 is 0. The van der Waals surface area contributed by atoms with Crippen molar-refractivity contribution in [2.75, 3.05) is 36.4 Å². The Labute approximate surface area is 213 Å². The first-order valence-corrected chi connectivity index (χ1v) is 11.9. The third-order valence-electron chi connectivity index (χ3n) is 6.21. The molecule has 14 nitrogen and oxygen atoms in total. The molecule has 4 rings (SSSR count). The maximum absolute atomic E-state index is 13.0. The lowest BCUT2D eigenvalue weighted by molar-refractivity contribution is 0.0668. The predicted molar refractivity (Wildman–Crippen MR) is 138 cm³/mol. The van der Waals surface area contributed by atoms with Gasteiger partial charge in [0.15, 0.2) is 17.5 Å². The molecule has 14 heteroatoms. The first kappa shape index (κ1) is 25.6. The number of rotatable bonds is 4. The highest BCUT2D eigenvalue weighted by Crippen LogP contribution is 2.26. The van der Waals surface area contributed by atoms with Crippen LogP contribution >= 0.6 is 0 Å². The van der Waals surface area contributed by atoms with Crippen molar-refractivity contribution >= 4 is 41.3 Å². The van der Waals surface area contributed by atoms with Crippen LogP contribution in [0.2, 0.25) is 0 Å². The molecule has 37 heavy (non-hydrogen) atoms. The number of amides is 4. The number of urea groups is 1. The average Bonchev–Trinajstić information content (AvgIpc) is 3.23. The fourth-order valence-corrected chi connectivity index (χ4v) is 4.15. The number of nitrogen functional groups attached to an aromatic ring is 2. The average molecular weight is 510 g/mol. The maximum atomic E-state index is 13.0. The summed E-state index contributed by atoms with van der Waals surface area (Å²) in [6.07, 6.45) is 2.77. The highest BCUT2D eigenvalue weighted by atomic mass is 16.2. The van der Waals surface area contributed by atoms with Crippen LogP contribution < -0.4 is 32.7 Å². The van der Waals surface area contributed by atoms with Gasteiger partial charge in [-0.1, -0.05) is 0 Å². The SMILES string of the molecule is Cc1nc(C(=O)/N=C2\NCC3(CCN(C(=O)c4ccc(NC(=O)NC(C)C)nc4)CC3)N2)c(N)nc1N. The molecule has 4 amide bonds. The van der Waals surface area contributed by atoms with Gasteiger partial charge in [0.1, 0.15) is 11.6 Å². The van der Waals surface area contributed by atoms with E-state index in [1.165, 1.54) is 6.20 Å². The number of nitrogens with zero attached hydrogens (tertiary/aromatic N) is 5. The largest absolute Gasteiger partial charge is 0.382 e. The summed E-state index contributed by atoms with van der Waals surface area (Å²) in [5, 5.41) is 11.8. The van der Waals surface area contributed by atoms with Gasteiger partial charge in [0.2, 0.25) is 0 Å². The Bertz CT molecular complexity index is 1240. The molecule has 4 heterocycles. The first-order chi connectivity index (χ1) is 17.5. The second-order valence-electron chi connectivity index (χ2n) is 9.43. The van der Waals surface area contributed by atoms with Gasteiger partial charge < -0.3 is 32.3 Å². The van der Waals surface area contributed by atoms with Crippen molar-refractivity contribution in [1.82, 2.24) is 35.8 Å². The van der Waals surface area contributed by atoms with Gasteiger partial charge in [0, 0.05) is 31.9 Å². The number of guanidine groups is 1. The number of nitrogens with two attached hydrogens (primary N) is 2. The molecule has 2 saturated heterocycles. The van der Waals surface area contributed by atoms with Crippen LogP contribution in [0, 0.1) is 6.92 Å². The molecule has 0 aliphatic carbocycles. The molecule has 0 radical (unpaired) electrons. The number of carbonyl (C=O) groups is 3. The number of pyridine rings is 1. The van der Waals surface area contributed by atoms with Crippen molar-refractivity contribution < 1.29 is 14.4 Å². The van der Waals surface area contributed by atoms with Gasteiger partial charge in [0.05, 0.1) is 16.8 Å². The van der Waals surface area contributed by atoms with E-state index in [0.717, 1.165) is 0 Å². The van der Waals surface area contributed by atoms with Crippen LogP contribution in [0.5, 0.6) is 0 Å². The predicted octanol–water partition coefficient (Wildman–Crippen LogP) is 0.238. The van der Waals surface area contributed by atoms with Crippen molar-refractivity contribution in [3.63, 3.8) is 0 Å². The van der Waals surface area contributed by atoms with E-state index in [0.29, 0.717) is 55.5 Å². The number of aromatic nitrogens is 3. The molecule has 2 aromatic heterocycles. The molecule has 0 aromatic carbocycles. The van der Waals surface area contributed by atoms with Crippen molar-refractivity contribution in [2.45, 2.75) is 45.2 Å². The van der Waals surface area contributed by atoms with E-state index in [2.05, 4.69) is 41.2 Å². The van der Waals surface area contributed by atoms with Crippen LogP contribution in [0.1, 0.15) is 53.2 Å². The smallest absolute Gasteiger partial charge is 0.320 e. The van der Waals surface area contributed by atoms with Crippen molar-refractivity contribution in [3.05, 3.63) is 35.3 Å². The maximum Gasteiger partial charge on any atom is 0.320 e. The van der Waals surface area contributed by atoms with E-state index in [9.17, 15) is 14.4 Å². The zero-order chi connectivity index (χ0) is 26.7. The van der Waals surface area contributed by atoms with Gasteiger partial charge in [-0.15, -0.1) is 0 Å². The molecule has 2 aromatic rings. The summed E-state index contributed by atoms with van der Waals surface area (Å²) in [5.41, 5.74) is 11.9. The lowest BCUT2D eigenvalue weighted by Gasteiger charge is -2.38. The van der Waals surface area contributed by atoms with E-state index < -0.39 is 5.91 Å². The molecular weight excluding hydrogens is 478 g/mol. The molecule has 0 saturated carbocycles. The topological polar surface area (TPSA) is 206 Å². The third kappa shape index (κ3) is 5.85. The van der Waals surface area contributed by atoms with Crippen LogP contribution in [-0.2, 0) is 0 Å². The summed E-state index contributed by atoms with van der Waals surface area (Å²) in [5.74, 6) is 0.0137. The van der Waals surface area contributed by atoms with Gasteiger partial charge >= 0.3 is 11.9 Å². The summed E-state index contributed by atoms with van der Waals surface area (Å²) in [6, 6.07) is 2.88. The Hall–Kier alpha value is -4.49. The minimum absolute atomic E-state index is 0.00302. The Morgan fingerprint density at radius 2 is 1.86 bits per heavy atom. The van der Waals surface area contributed by atoms with Crippen molar-refractivity contribution in [2.24, 2.45) is 4.99 Å². The van der Waals surface area contributed by atoms with Crippen LogP contribution in [0.15, 0.2) is 23.3 Å². The van der Waals surface area contributed by atoms with E-state index in [-0.39, 0.29) is 40.8 Å². The van der Waals surface area contributed by atoms with E-state index >= 15 is 0 Å². The van der Waals surface area contributed by atoms with E-state index in [1.807, 2.05) is 13.8 Å². The number of aryl methyl sites for hydroxylation is 1. The minimum atomic E-state index is -0.625. The molecule has 1 spiro atoms. The number of piperidine rings is 1. The molecule has 0 atom stereocenters. The van der Waals surface area contributed by atoms with Crippen LogP contribution in [0.25, 0.3) is 0 Å². The van der Waals surface area contributed by atoms with Gasteiger partial charge in [-0.2, -0.15) is 4.99 Å². The number of nitrogens with one attached hydrogen (secondary N) is 4. The fraction of sp³-hybridized carbons (Fsp3) is 0.435. The zero-order valence-electron chi connectivity index (χ0n) is 21.0. The number of carbonyl (C=O) groups excluding carboxylic acids is 3. The number of hydrogen-bond donors (Lipinski definition) is 6. The zero-order valence-corrected chi connectivity index (χ0v) is 21.0. The van der Waals surface area contributed by atoms with Gasteiger partial charge in [-0.05, 0) is 45.7 Å². The highest BCUT2D eigenvalue weighted by molar-refractivity contribution is 6.04. The lowest BCUT2D eigenvalue weighted by Crippen LogP contribution is -2.53.